The zero-order valence-corrected chi connectivity index (χ0v) is 11.3. The maximum Gasteiger partial charge on any atom is 0.323 e. The first kappa shape index (κ1) is 14.7. The Morgan fingerprint density at radius 2 is 2.11 bits per heavy atom. The molecule has 0 aromatic rings. The van der Waals surface area contributed by atoms with Gasteiger partial charge in [0, 0.05) is 12.5 Å². The summed E-state index contributed by atoms with van der Waals surface area (Å²) in [6.07, 6.45) is 5.67. The molecule has 1 aliphatic rings. The van der Waals surface area contributed by atoms with Crippen molar-refractivity contribution in [2.24, 2.45) is 11.3 Å². The number of carbonyl (C=O) groups excluding carboxylic acids is 1. The number of hydrogen-bond donors (Lipinski definition) is 1. The Morgan fingerprint density at radius 3 is 2.61 bits per heavy atom. The average Bonchev–Trinajstić information content (AvgIpc) is 2.26. The molecule has 1 fully saturated rings. The number of aliphatic carboxylic acids is 1. The Bertz CT molecular complexity index is 336. The number of carboxylic acid groups (broad SMARTS) is 1. The highest BCUT2D eigenvalue weighted by molar-refractivity contribution is 5.83. The first-order valence-electron chi connectivity index (χ1n) is 6.50. The summed E-state index contributed by atoms with van der Waals surface area (Å²) in [6, 6.07) is 0. The maximum atomic E-state index is 12.5. The number of rotatable bonds is 5. The van der Waals surface area contributed by atoms with Crippen molar-refractivity contribution in [3.8, 4) is 0 Å². The molecular formula is C14H23NO3. The van der Waals surface area contributed by atoms with E-state index in [0.717, 1.165) is 25.7 Å². The van der Waals surface area contributed by atoms with Gasteiger partial charge in [-0.3, -0.25) is 9.59 Å². The van der Waals surface area contributed by atoms with Crippen LogP contribution in [0.1, 0.15) is 39.5 Å². The monoisotopic (exact) mass is 253 g/mol. The van der Waals surface area contributed by atoms with Crippen molar-refractivity contribution in [3.63, 3.8) is 0 Å². The highest BCUT2D eigenvalue weighted by Crippen LogP contribution is 2.41. The number of carbonyl (C=O) groups is 2. The molecule has 102 valence electrons. The van der Waals surface area contributed by atoms with Gasteiger partial charge in [0.05, 0.1) is 0 Å². The van der Waals surface area contributed by atoms with Crippen molar-refractivity contribution in [2.45, 2.75) is 39.5 Å². The Balaban J connectivity index is 2.80. The smallest absolute Gasteiger partial charge is 0.323 e. The fourth-order valence-electron chi connectivity index (χ4n) is 2.72. The van der Waals surface area contributed by atoms with E-state index in [-0.39, 0.29) is 23.8 Å². The molecule has 0 spiro atoms. The summed E-state index contributed by atoms with van der Waals surface area (Å²) >= 11 is 0. The predicted octanol–water partition coefficient (Wildman–Crippen LogP) is 2.30. The predicted molar refractivity (Wildman–Crippen MR) is 70.2 cm³/mol. The van der Waals surface area contributed by atoms with Gasteiger partial charge in [0.15, 0.2) is 0 Å². The molecule has 1 atom stereocenters. The lowest BCUT2D eigenvalue weighted by molar-refractivity contribution is -0.148. The van der Waals surface area contributed by atoms with Crippen molar-refractivity contribution >= 4 is 11.9 Å². The summed E-state index contributed by atoms with van der Waals surface area (Å²) in [5, 5.41) is 8.86. The van der Waals surface area contributed by atoms with Gasteiger partial charge in [0.1, 0.15) is 6.54 Å². The Kier molecular flexibility index (Phi) is 4.93. The number of hydrogen-bond acceptors (Lipinski definition) is 2. The molecular weight excluding hydrogens is 230 g/mol. The van der Waals surface area contributed by atoms with Gasteiger partial charge >= 0.3 is 5.97 Å². The van der Waals surface area contributed by atoms with Gasteiger partial charge in [0.25, 0.3) is 0 Å². The van der Waals surface area contributed by atoms with Crippen LogP contribution in [0.5, 0.6) is 0 Å². The van der Waals surface area contributed by atoms with Crippen molar-refractivity contribution in [1.29, 1.82) is 0 Å². The van der Waals surface area contributed by atoms with E-state index in [9.17, 15) is 9.59 Å². The van der Waals surface area contributed by atoms with Crippen LogP contribution in [-0.4, -0.2) is 35.0 Å². The minimum absolute atomic E-state index is 0.0345. The number of carboxylic acids is 1. The summed E-state index contributed by atoms with van der Waals surface area (Å²) in [4.78, 5) is 24.7. The lowest BCUT2D eigenvalue weighted by Gasteiger charge is -2.39. The molecule has 1 saturated carbocycles. The largest absolute Gasteiger partial charge is 0.480 e. The normalized spacial score (nSPS) is 22.2. The van der Waals surface area contributed by atoms with Gasteiger partial charge in [-0.05, 0) is 18.3 Å². The van der Waals surface area contributed by atoms with E-state index in [0.29, 0.717) is 6.54 Å². The first-order chi connectivity index (χ1) is 8.38. The van der Waals surface area contributed by atoms with Gasteiger partial charge in [-0.25, -0.2) is 0 Å². The topological polar surface area (TPSA) is 57.6 Å². The van der Waals surface area contributed by atoms with Gasteiger partial charge in [-0.15, -0.1) is 6.58 Å². The van der Waals surface area contributed by atoms with E-state index in [1.807, 2.05) is 0 Å². The van der Waals surface area contributed by atoms with Gasteiger partial charge in [-0.2, -0.15) is 0 Å². The Morgan fingerprint density at radius 1 is 1.44 bits per heavy atom. The molecule has 0 bridgehead atoms. The van der Waals surface area contributed by atoms with E-state index in [1.165, 1.54) is 4.90 Å². The molecule has 1 N–H and O–H groups in total. The molecule has 1 rings (SSSR count). The van der Waals surface area contributed by atoms with Crippen LogP contribution in [0, 0.1) is 11.3 Å². The molecule has 1 amide bonds. The number of nitrogens with zero attached hydrogens (tertiary/aromatic N) is 1. The van der Waals surface area contributed by atoms with Crippen molar-refractivity contribution in [2.75, 3.05) is 13.1 Å². The van der Waals surface area contributed by atoms with Crippen LogP contribution < -0.4 is 0 Å². The quantitative estimate of drug-likeness (QED) is 0.765. The second kappa shape index (κ2) is 6.03. The highest BCUT2D eigenvalue weighted by Gasteiger charge is 2.39. The molecule has 1 unspecified atom stereocenters. The SMILES string of the molecule is C=CCN(CC(=O)O)C(=O)C1CCCCC1(C)C. The van der Waals surface area contributed by atoms with E-state index in [1.54, 1.807) is 6.08 Å². The molecule has 0 aliphatic heterocycles. The molecule has 0 aromatic heterocycles. The van der Waals surface area contributed by atoms with Gasteiger partial charge in [0.2, 0.25) is 5.91 Å². The van der Waals surface area contributed by atoms with Crippen LogP contribution in [0.3, 0.4) is 0 Å². The van der Waals surface area contributed by atoms with Crippen LogP contribution in [0.25, 0.3) is 0 Å². The molecule has 1 aliphatic carbocycles. The average molecular weight is 253 g/mol. The van der Waals surface area contributed by atoms with Crippen LogP contribution in [0.4, 0.5) is 0 Å². The molecule has 0 saturated heterocycles. The molecule has 4 heteroatoms. The summed E-state index contributed by atoms with van der Waals surface area (Å²) in [6.45, 7) is 7.85. The molecule has 0 heterocycles. The Hall–Kier alpha value is -1.32. The van der Waals surface area contributed by atoms with Gasteiger partial charge < -0.3 is 10.0 Å². The third kappa shape index (κ3) is 3.59. The minimum atomic E-state index is -0.973. The van der Waals surface area contributed by atoms with E-state index < -0.39 is 5.97 Å². The van der Waals surface area contributed by atoms with Gasteiger partial charge in [-0.1, -0.05) is 32.8 Å². The van der Waals surface area contributed by atoms with E-state index >= 15 is 0 Å². The maximum absolute atomic E-state index is 12.5. The molecule has 0 radical (unpaired) electrons. The standard InChI is InChI=1S/C14H23NO3/c1-4-9-15(10-12(16)17)13(18)11-7-5-6-8-14(11,2)3/h4,11H,1,5-10H2,2-3H3,(H,16,17). The molecule has 0 aromatic carbocycles. The zero-order chi connectivity index (χ0) is 13.8. The fourth-order valence-corrected chi connectivity index (χ4v) is 2.72. The summed E-state index contributed by atoms with van der Waals surface area (Å²) in [5.41, 5.74) is -0.0345. The Labute approximate surface area is 109 Å². The fraction of sp³-hybridized carbons (Fsp3) is 0.714. The van der Waals surface area contributed by atoms with Crippen molar-refractivity contribution < 1.29 is 14.7 Å². The zero-order valence-electron chi connectivity index (χ0n) is 11.3. The third-order valence-electron chi connectivity index (χ3n) is 3.79. The number of amides is 1. The minimum Gasteiger partial charge on any atom is -0.480 e. The summed E-state index contributed by atoms with van der Waals surface area (Å²) in [7, 11) is 0. The third-order valence-corrected chi connectivity index (χ3v) is 3.79. The highest BCUT2D eigenvalue weighted by atomic mass is 16.4. The second-order valence-electron chi connectivity index (χ2n) is 5.69. The first-order valence-corrected chi connectivity index (χ1v) is 6.50. The lowest BCUT2D eigenvalue weighted by Crippen LogP contribution is -2.45. The van der Waals surface area contributed by atoms with E-state index in [2.05, 4.69) is 20.4 Å². The second-order valence-corrected chi connectivity index (χ2v) is 5.69. The van der Waals surface area contributed by atoms with Crippen LogP contribution in [0.2, 0.25) is 0 Å². The van der Waals surface area contributed by atoms with Crippen LogP contribution >= 0.6 is 0 Å². The van der Waals surface area contributed by atoms with Crippen molar-refractivity contribution in [1.82, 2.24) is 4.90 Å². The van der Waals surface area contributed by atoms with Crippen LogP contribution in [-0.2, 0) is 9.59 Å². The van der Waals surface area contributed by atoms with Crippen molar-refractivity contribution in [3.05, 3.63) is 12.7 Å². The molecule has 4 nitrogen and oxygen atoms in total. The summed E-state index contributed by atoms with van der Waals surface area (Å²) in [5.74, 6) is -1.08. The summed E-state index contributed by atoms with van der Waals surface area (Å²) < 4.78 is 0. The molecule has 18 heavy (non-hydrogen) atoms. The lowest BCUT2D eigenvalue weighted by atomic mass is 9.68. The van der Waals surface area contributed by atoms with Crippen LogP contribution in [0.15, 0.2) is 12.7 Å². The van der Waals surface area contributed by atoms with E-state index in [4.69, 9.17) is 5.11 Å².